The Balaban J connectivity index is 6.12. The Bertz CT molecular complexity index is 1100. The largest absolute Gasteiger partial charge is 0.481 e. The number of carbonyl (C=O) groups excluding carboxylic acids is 6. The van der Waals surface area contributed by atoms with Crippen molar-refractivity contribution in [2.24, 2.45) is 29.0 Å². The Hall–Kier alpha value is -4.32. The quantitative estimate of drug-likeness (QED) is 0.0473. The minimum atomic E-state index is -1.66. The van der Waals surface area contributed by atoms with Gasteiger partial charge < -0.3 is 54.0 Å². The van der Waals surface area contributed by atoms with E-state index in [2.05, 4.69) is 26.6 Å². The van der Waals surface area contributed by atoms with E-state index in [1.165, 1.54) is 0 Å². The second-order valence-electron chi connectivity index (χ2n) is 11.7. The van der Waals surface area contributed by atoms with E-state index in [4.69, 9.17) is 17.2 Å². The van der Waals surface area contributed by atoms with Crippen LogP contribution in [0.4, 0.5) is 0 Å². The van der Waals surface area contributed by atoms with E-state index in [-0.39, 0.29) is 31.6 Å². The molecule has 18 heteroatoms. The summed E-state index contributed by atoms with van der Waals surface area (Å²) >= 11 is 0. The summed E-state index contributed by atoms with van der Waals surface area (Å²) in [6, 6.07) is -6.87. The first-order valence-corrected chi connectivity index (χ1v) is 15.6. The van der Waals surface area contributed by atoms with Crippen LogP contribution in [0, 0.1) is 11.8 Å². The van der Waals surface area contributed by atoms with Gasteiger partial charge in [-0.05, 0) is 50.5 Å². The smallest absolute Gasteiger partial charge is 0.326 e. The summed E-state index contributed by atoms with van der Waals surface area (Å²) in [4.78, 5) is 99.7. The number of hydrogen-bond donors (Lipinski definition) is 10. The van der Waals surface area contributed by atoms with E-state index in [9.17, 15) is 48.6 Å². The van der Waals surface area contributed by atoms with Gasteiger partial charge in [-0.15, -0.1) is 0 Å². The van der Waals surface area contributed by atoms with E-state index >= 15 is 0 Å². The van der Waals surface area contributed by atoms with Crippen LogP contribution < -0.4 is 43.8 Å². The van der Waals surface area contributed by atoms with Gasteiger partial charge in [0.2, 0.25) is 35.4 Å². The molecular weight excluding hydrogens is 620 g/mol. The summed E-state index contributed by atoms with van der Waals surface area (Å²) in [5, 5.41) is 31.0. The molecule has 0 rings (SSSR count). The van der Waals surface area contributed by atoms with Crippen molar-refractivity contribution in [2.45, 2.75) is 109 Å². The summed E-state index contributed by atoms with van der Waals surface area (Å²) < 4.78 is 0. The Labute approximate surface area is 274 Å². The third kappa shape index (κ3) is 17.2. The number of rotatable bonds is 24. The van der Waals surface area contributed by atoms with Gasteiger partial charge >= 0.3 is 11.9 Å². The van der Waals surface area contributed by atoms with E-state index in [1.54, 1.807) is 27.7 Å². The maximum absolute atomic E-state index is 13.5. The highest BCUT2D eigenvalue weighted by Gasteiger charge is 2.35. The van der Waals surface area contributed by atoms with Gasteiger partial charge in [0.1, 0.15) is 30.2 Å². The van der Waals surface area contributed by atoms with Crippen molar-refractivity contribution >= 4 is 47.4 Å². The van der Waals surface area contributed by atoms with Gasteiger partial charge in [-0.2, -0.15) is 0 Å². The molecule has 0 heterocycles. The minimum Gasteiger partial charge on any atom is -0.481 e. The third-order valence-corrected chi connectivity index (χ3v) is 7.22. The lowest BCUT2D eigenvalue weighted by molar-refractivity contribution is -0.142. The van der Waals surface area contributed by atoms with E-state index in [0.717, 1.165) is 0 Å². The highest BCUT2D eigenvalue weighted by Crippen LogP contribution is 2.12. The summed E-state index contributed by atoms with van der Waals surface area (Å²) in [6.45, 7) is 6.79. The SMILES string of the molecule is CC[C@H](C)[C@H](NC(=O)[C@H](CC(=O)O)NC(=O)[C@H](CC(C)C)NC(=O)CN)C(=O)N[C@@H](CCC(N)=O)C(=O)N[C@@H](CCCCN)C(=O)O. The topological polar surface area (TPSA) is 315 Å². The van der Waals surface area contributed by atoms with Crippen molar-refractivity contribution in [2.75, 3.05) is 13.1 Å². The maximum atomic E-state index is 13.5. The van der Waals surface area contributed by atoms with E-state index in [1.807, 2.05) is 0 Å². The number of carbonyl (C=O) groups is 8. The molecule has 268 valence electrons. The van der Waals surface area contributed by atoms with Crippen LogP contribution in [0.3, 0.4) is 0 Å². The van der Waals surface area contributed by atoms with Gasteiger partial charge in [0.15, 0.2) is 0 Å². The second kappa shape index (κ2) is 22.2. The molecule has 0 radical (unpaired) electrons. The monoisotopic (exact) mass is 672 g/mol. The molecule has 0 saturated heterocycles. The van der Waals surface area contributed by atoms with Crippen molar-refractivity contribution in [3.8, 4) is 0 Å². The zero-order chi connectivity index (χ0) is 36.3. The zero-order valence-electron chi connectivity index (χ0n) is 27.5. The minimum absolute atomic E-state index is 0.0604. The molecule has 0 bridgehead atoms. The van der Waals surface area contributed by atoms with Crippen LogP contribution in [0.2, 0.25) is 0 Å². The Morgan fingerprint density at radius 2 is 1.23 bits per heavy atom. The molecule has 0 aliphatic carbocycles. The van der Waals surface area contributed by atoms with Crippen molar-refractivity contribution in [3.63, 3.8) is 0 Å². The van der Waals surface area contributed by atoms with Crippen molar-refractivity contribution in [1.82, 2.24) is 26.6 Å². The van der Waals surface area contributed by atoms with Crippen LogP contribution in [0.5, 0.6) is 0 Å². The molecule has 18 nitrogen and oxygen atoms in total. The summed E-state index contributed by atoms with van der Waals surface area (Å²) in [6.07, 6.45) is -0.0262. The number of unbranched alkanes of at least 4 members (excludes halogenated alkanes) is 1. The molecule has 0 aromatic carbocycles. The first kappa shape index (κ1) is 42.7. The molecule has 0 saturated carbocycles. The molecule has 0 aromatic rings. The first-order chi connectivity index (χ1) is 22.0. The molecule has 6 amide bonds. The lowest BCUT2D eigenvalue weighted by atomic mass is 9.96. The lowest BCUT2D eigenvalue weighted by Crippen LogP contribution is -2.60. The summed E-state index contributed by atoms with van der Waals surface area (Å²) in [5.74, 6) is -8.50. The Morgan fingerprint density at radius 3 is 1.72 bits per heavy atom. The average molecular weight is 673 g/mol. The highest BCUT2D eigenvalue weighted by atomic mass is 16.4. The van der Waals surface area contributed by atoms with Crippen molar-refractivity contribution < 1.29 is 48.6 Å². The molecule has 0 aromatic heterocycles. The average Bonchev–Trinajstić information content (AvgIpc) is 2.99. The normalized spacial score (nSPS) is 14.8. The molecule has 47 heavy (non-hydrogen) atoms. The molecule has 6 atom stereocenters. The van der Waals surface area contributed by atoms with Gasteiger partial charge in [0.05, 0.1) is 13.0 Å². The molecule has 0 unspecified atom stereocenters. The fraction of sp³-hybridized carbons (Fsp3) is 0.724. The molecule has 0 aliphatic heterocycles. The third-order valence-electron chi connectivity index (χ3n) is 7.22. The number of carboxylic acids is 2. The van der Waals surface area contributed by atoms with Crippen LogP contribution in [-0.4, -0.2) is 101 Å². The molecule has 13 N–H and O–H groups in total. The van der Waals surface area contributed by atoms with Crippen molar-refractivity contribution in [3.05, 3.63) is 0 Å². The summed E-state index contributed by atoms with van der Waals surface area (Å²) in [7, 11) is 0. The number of nitrogens with two attached hydrogens (primary N) is 3. The van der Waals surface area contributed by atoms with Crippen LogP contribution >= 0.6 is 0 Å². The highest BCUT2D eigenvalue weighted by molar-refractivity contribution is 5.97. The van der Waals surface area contributed by atoms with Crippen LogP contribution in [0.1, 0.15) is 79.1 Å². The van der Waals surface area contributed by atoms with E-state index in [0.29, 0.717) is 25.8 Å². The number of hydrogen-bond acceptors (Lipinski definition) is 10. The first-order valence-electron chi connectivity index (χ1n) is 15.6. The predicted molar refractivity (Wildman–Crippen MR) is 169 cm³/mol. The Kier molecular flexibility index (Phi) is 20.2. The molecular formula is C29H52N8O10. The van der Waals surface area contributed by atoms with Crippen LogP contribution in [-0.2, 0) is 38.4 Å². The zero-order valence-corrected chi connectivity index (χ0v) is 27.5. The van der Waals surface area contributed by atoms with E-state index < -0.39 is 96.5 Å². The number of amides is 6. The van der Waals surface area contributed by atoms with Gasteiger partial charge in [-0.1, -0.05) is 34.1 Å². The standard InChI is InChI=1S/C29H52N8O10/c1-5-16(4)24(28(45)34-17(9-10-21(32)38)25(42)35-18(29(46)47)8-6-7-11-30)37-27(44)20(13-23(40)41)36-26(43)19(12-15(2)3)33-22(39)14-31/h15-20,24H,5-14,30-31H2,1-4H3,(H2,32,38)(H,33,39)(H,34,45)(H,35,42)(H,36,43)(H,37,44)(H,40,41)(H,46,47)/t16-,17-,18-,19-,20-,24-/m0/s1. The number of nitrogens with one attached hydrogen (secondary N) is 5. The molecule has 0 fully saturated rings. The lowest BCUT2D eigenvalue weighted by Gasteiger charge is -2.29. The number of aliphatic carboxylic acids is 2. The van der Waals surface area contributed by atoms with Gasteiger partial charge in [-0.3, -0.25) is 33.6 Å². The molecule has 0 spiro atoms. The molecule has 0 aliphatic rings. The predicted octanol–water partition coefficient (Wildman–Crippen LogP) is -2.58. The fourth-order valence-corrected chi connectivity index (χ4v) is 4.41. The number of carboxylic acid groups (broad SMARTS) is 2. The number of primary amides is 1. The fourth-order valence-electron chi connectivity index (χ4n) is 4.41. The maximum Gasteiger partial charge on any atom is 0.326 e. The Morgan fingerprint density at radius 1 is 0.681 bits per heavy atom. The summed E-state index contributed by atoms with van der Waals surface area (Å²) in [5.41, 5.74) is 16.0. The van der Waals surface area contributed by atoms with Crippen LogP contribution in [0.15, 0.2) is 0 Å². The van der Waals surface area contributed by atoms with Gasteiger partial charge in [0.25, 0.3) is 0 Å². The van der Waals surface area contributed by atoms with Crippen molar-refractivity contribution in [1.29, 1.82) is 0 Å². The van der Waals surface area contributed by atoms with Gasteiger partial charge in [-0.25, -0.2) is 4.79 Å². The second-order valence-corrected chi connectivity index (χ2v) is 11.7. The van der Waals surface area contributed by atoms with Gasteiger partial charge in [0, 0.05) is 6.42 Å². The van der Waals surface area contributed by atoms with Crippen LogP contribution in [0.25, 0.3) is 0 Å².